The highest BCUT2D eigenvalue weighted by Crippen LogP contribution is 2.34. The van der Waals surface area contributed by atoms with Crippen LogP contribution in [0.15, 0.2) is 105 Å². The fourth-order valence-corrected chi connectivity index (χ4v) is 4.79. The third-order valence-corrected chi connectivity index (χ3v) is 6.77. The van der Waals surface area contributed by atoms with Crippen LogP contribution < -0.4 is 10.3 Å². The quantitative estimate of drug-likeness (QED) is 0.187. The molecule has 0 radical (unpaired) electrons. The van der Waals surface area contributed by atoms with Gasteiger partial charge in [-0.05, 0) is 28.5 Å². The Hall–Kier alpha value is -4.74. The summed E-state index contributed by atoms with van der Waals surface area (Å²) in [6.45, 7) is 2.00. The molecule has 0 spiro atoms. The molecular formula is C29H21N4O3S+. The topological polar surface area (TPSA) is 104 Å². The number of rotatable bonds is 7. The van der Waals surface area contributed by atoms with Crippen LogP contribution in [0.25, 0.3) is 28.1 Å². The van der Waals surface area contributed by atoms with Crippen molar-refractivity contribution in [3.63, 3.8) is 0 Å². The number of hydrogen-bond donors (Lipinski definition) is 1. The second-order valence-corrected chi connectivity index (χ2v) is 9.26. The molecule has 180 valence electrons. The number of hydrogen-bond acceptors (Lipinski definition) is 6. The molecule has 0 aliphatic rings. The Labute approximate surface area is 217 Å². The molecule has 3 aromatic carbocycles. The third-order valence-electron chi connectivity index (χ3n) is 5.80. The number of H-pyrrole nitrogens is 1. The van der Waals surface area contributed by atoms with Crippen molar-refractivity contribution in [2.24, 2.45) is 0 Å². The van der Waals surface area contributed by atoms with Gasteiger partial charge in [-0.1, -0.05) is 90.1 Å². The van der Waals surface area contributed by atoms with Crippen LogP contribution in [0.5, 0.6) is 0 Å². The molecule has 7 nitrogen and oxygen atoms in total. The minimum absolute atomic E-state index is 0.108. The maximum absolute atomic E-state index is 13.2. The standard InChI is InChI=1S/C29H20N4O3S/c1-19-12-14-20(15-13-19)23-16-25(21-8-4-2-5-9-21)31-28(24(23)17-30)37-18-26(34)27-29(35)36-32-33(27)22-10-6-3-7-11-22/h2-16H,18H2,1H3/p+1. The number of carbonyl (C=O) groups excluding carboxylic acids is 1. The van der Waals surface area contributed by atoms with E-state index in [1.807, 2.05) is 73.7 Å². The Kier molecular flexibility index (Phi) is 6.79. The van der Waals surface area contributed by atoms with Gasteiger partial charge in [0.2, 0.25) is 11.5 Å². The molecule has 5 aromatic rings. The van der Waals surface area contributed by atoms with Gasteiger partial charge in [-0.3, -0.25) is 9.32 Å². The van der Waals surface area contributed by atoms with Gasteiger partial charge in [0, 0.05) is 23.3 Å². The zero-order valence-corrected chi connectivity index (χ0v) is 20.7. The summed E-state index contributed by atoms with van der Waals surface area (Å²) in [6, 6.07) is 30.7. The lowest BCUT2D eigenvalue weighted by atomic mass is 9.98. The van der Waals surface area contributed by atoms with Crippen LogP contribution in [0, 0.1) is 18.3 Å². The molecule has 0 fully saturated rings. The Bertz CT molecular complexity index is 1670. The normalized spacial score (nSPS) is 10.7. The van der Waals surface area contributed by atoms with Gasteiger partial charge in [0.25, 0.3) is 0 Å². The number of nitrogens with one attached hydrogen (secondary N) is 1. The maximum Gasteiger partial charge on any atom is 0.438 e. The number of thioether (sulfide) groups is 1. The third kappa shape index (κ3) is 4.99. The molecule has 2 aromatic heterocycles. The lowest BCUT2D eigenvalue weighted by Crippen LogP contribution is -2.41. The first-order chi connectivity index (χ1) is 18.0. The number of Topliss-reactive ketones (excluding diaryl/α,β-unsaturated/α-hetero) is 1. The van der Waals surface area contributed by atoms with Gasteiger partial charge in [0.05, 0.1) is 17.0 Å². The highest BCUT2D eigenvalue weighted by Gasteiger charge is 2.31. The Morgan fingerprint density at radius 1 is 1.00 bits per heavy atom. The molecule has 0 saturated carbocycles. The largest absolute Gasteiger partial charge is 0.438 e. The first-order valence-electron chi connectivity index (χ1n) is 11.5. The average molecular weight is 506 g/mol. The number of aromatic amines is 1. The Balaban J connectivity index is 1.54. The molecule has 0 saturated heterocycles. The molecule has 2 heterocycles. The van der Waals surface area contributed by atoms with E-state index in [4.69, 9.17) is 9.51 Å². The van der Waals surface area contributed by atoms with E-state index < -0.39 is 11.4 Å². The van der Waals surface area contributed by atoms with E-state index in [2.05, 4.69) is 11.3 Å². The van der Waals surface area contributed by atoms with Crippen molar-refractivity contribution in [2.75, 3.05) is 5.75 Å². The zero-order valence-electron chi connectivity index (χ0n) is 19.8. The first-order valence-corrected chi connectivity index (χ1v) is 12.5. The van der Waals surface area contributed by atoms with Crippen molar-refractivity contribution >= 4 is 17.5 Å². The van der Waals surface area contributed by atoms with E-state index in [-0.39, 0.29) is 11.4 Å². The molecule has 0 aliphatic carbocycles. The number of benzene rings is 3. The summed E-state index contributed by atoms with van der Waals surface area (Å²) in [5.74, 6) is -0.556. The van der Waals surface area contributed by atoms with Gasteiger partial charge in [0.1, 0.15) is 11.1 Å². The number of ketones is 1. The van der Waals surface area contributed by atoms with Crippen molar-refractivity contribution in [2.45, 2.75) is 11.9 Å². The zero-order chi connectivity index (χ0) is 25.8. The number of para-hydroxylation sites is 1. The van der Waals surface area contributed by atoms with Crippen LogP contribution in [0.3, 0.4) is 0 Å². The number of pyridine rings is 1. The van der Waals surface area contributed by atoms with Gasteiger partial charge in [-0.2, -0.15) is 5.26 Å². The van der Waals surface area contributed by atoms with Crippen LogP contribution in [0.4, 0.5) is 0 Å². The number of aromatic nitrogens is 3. The van der Waals surface area contributed by atoms with Crippen LogP contribution in [-0.4, -0.2) is 21.8 Å². The van der Waals surface area contributed by atoms with E-state index >= 15 is 0 Å². The van der Waals surface area contributed by atoms with Crippen LogP contribution in [0.1, 0.15) is 21.6 Å². The number of aryl methyl sites for hydroxylation is 1. The fourth-order valence-electron chi connectivity index (χ4n) is 3.92. The second kappa shape index (κ2) is 10.5. The molecule has 0 unspecified atom stereocenters. The van der Waals surface area contributed by atoms with Crippen molar-refractivity contribution in [1.82, 2.24) is 10.3 Å². The van der Waals surface area contributed by atoms with Crippen LogP contribution >= 0.6 is 11.8 Å². The number of carbonyl (C=O) groups is 1. The van der Waals surface area contributed by atoms with E-state index in [9.17, 15) is 14.9 Å². The van der Waals surface area contributed by atoms with Gasteiger partial charge in [0.15, 0.2) is 0 Å². The second-order valence-electron chi connectivity index (χ2n) is 8.29. The van der Waals surface area contributed by atoms with Gasteiger partial charge in [-0.15, -0.1) is 0 Å². The van der Waals surface area contributed by atoms with Crippen molar-refractivity contribution in [3.8, 4) is 34.1 Å². The molecule has 0 bridgehead atoms. The summed E-state index contributed by atoms with van der Waals surface area (Å²) >= 11 is 1.12. The first kappa shape index (κ1) is 24.0. The predicted molar refractivity (Wildman–Crippen MR) is 140 cm³/mol. The van der Waals surface area contributed by atoms with E-state index in [0.717, 1.165) is 34.0 Å². The van der Waals surface area contributed by atoms with Crippen molar-refractivity contribution in [1.29, 1.82) is 5.26 Å². The lowest BCUT2D eigenvalue weighted by Gasteiger charge is -2.12. The molecule has 0 atom stereocenters. The number of nitrogens with zero attached hydrogens (tertiary/aromatic N) is 3. The summed E-state index contributed by atoms with van der Waals surface area (Å²) < 4.78 is 6.24. The summed E-state index contributed by atoms with van der Waals surface area (Å²) in [5.41, 5.74) is 4.36. The average Bonchev–Trinajstić information content (AvgIpc) is 3.34. The number of nitriles is 1. The molecular weight excluding hydrogens is 484 g/mol. The highest BCUT2D eigenvalue weighted by molar-refractivity contribution is 8.00. The molecule has 1 N–H and O–H groups in total. The SMILES string of the molecule is Cc1ccc(-c2cc(-c3ccccc3)nc(SCC(=O)c3c(=O)o[nH][n+]3-c3ccccc3)c2C#N)cc1. The summed E-state index contributed by atoms with van der Waals surface area (Å²) in [5, 5.41) is 13.0. The van der Waals surface area contributed by atoms with E-state index in [1.165, 1.54) is 4.68 Å². The van der Waals surface area contributed by atoms with Gasteiger partial charge < -0.3 is 0 Å². The van der Waals surface area contributed by atoms with Crippen LogP contribution in [-0.2, 0) is 0 Å². The van der Waals surface area contributed by atoms with E-state index in [0.29, 0.717) is 22.0 Å². The van der Waals surface area contributed by atoms with Crippen molar-refractivity contribution in [3.05, 3.63) is 118 Å². The predicted octanol–water partition coefficient (Wildman–Crippen LogP) is 5.13. The monoisotopic (exact) mass is 505 g/mol. The minimum Gasteiger partial charge on any atom is -0.286 e. The maximum atomic E-state index is 13.2. The van der Waals surface area contributed by atoms with Gasteiger partial charge >= 0.3 is 11.3 Å². The van der Waals surface area contributed by atoms with Crippen LogP contribution in [0.2, 0.25) is 0 Å². The van der Waals surface area contributed by atoms with Gasteiger partial charge in [-0.25, -0.2) is 9.78 Å². The van der Waals surface area contributed by atoms with Crippen molar-refractivity contribution < 1.29 is 14.0 Å². The summed E-state index contributed by atoms with van der Waals surface area (Å²) in [7, 11) is 0. The van der Waals surface area contributed by atoms with E-state index in [1.54, 1.807) is 24.3 Å². The summed E-state index contributed by atoms with van der Waals surface area (Å²) in [4.78, 5) is 30.3. The molecule has 37 heavy (non-hydrogen) atoms. The minimum atomic E-state index is -0.763. The Morgan fingerprint density at radius 3 is 2.35 bits per heavy atom. The Morgan fingerprint density at radius 2 is 1.68 bits per heavy atom. The molecule has 0 amide bonds. The summed E-state index contributed by atoms with van der Waals surface area (Å²) in [6.07, 6.45) is 0. The highest BCUT2D eigenvalue weighted by atomic mass is 32.2. The smallest absolute Gasteiger partial charge is 0.286 e. The fraction of sp³-hybridized carbons (Fsp3) is 0.0690. The molecule has 5 rings (SSSR count). The molecule has 8 heteroatoms. The molecule has 0 aliphatic heterocycles. The lowest BCUT2D eigenvalue weighted by molar-refractivity contribution is -0.672.